The van der Waals surface area contributed by atoms with E-state index in [1.807, 2.05) is 6.92 Å². The quantitative estimate of drug-likeness (QED) is 0.685. The average molecular weight is 227 g/mol. The Morgan fingerprint density at radius 2 is 2.25 bits per heavy atom. The molecule has 1 aliphatic heterocycles. The molecule has 0 bridgehead atoms. The molecular weight excluding hydrogens is 206 g/mol. The van der Waals surface area contributed by atoms with Crippen LogP contribution in [0.15, 0.2) is 0 Å². The molecule has 0 aromatic heterocycles. The molecule has 0 aromatic rings. The Bertz CT molecular complexity index is 262. The maximum Gasteiger partial charge on any atom is 0.239 e. The van der Waals surface area contributed by atoms with E-state index in [2.05, 4.69) is 10.6 Å². The van der Waals surface area contributed by atoms with Crippen LogP contribution in [-0.2, 0) is 9.59 Å². The summed E-state index contributed by atoms with van der Waals surface area (Å²) in [4.78, 5) is 24.9. The summed E-state index contributed by atoms with van der Waals surface area (Å²) in [6.07, 6.45) is 1.95. The van der Waals surface area contributed by atoms with Gasteiger partial charge in [0, 0.05) is 20.6 Å². The van der Waals surface area contributed by atoms with Gasteiger partial charge in [0.05, 0.1) is 12.0 Å². The summed E-state index contributed by atoms with van der Waals surface area (Å²) in [5, 5.41) is 5.75. The van der Waals surface area contributed by atoms with Gasteiger partial charge in [0.2, 0.25) is 11.8 Å². The first kappa shape index (κ1) is 13.0. The summed E-state index contributed by atoms with van der Waals surface area (Å²) in [6.45, 7) is 3.20. The van der Waals surface area contributed by atoms with E-state index in [9.17, 15) is 9.59 Å². The maximum absolute atomic E-state index is 11.9. The Balaban J connectivity index is 2.41. The molecule has 0 radical (unpaired) electrons. The highest BCUT2D eigenvalue weighted by Crippen LogP contribution is 2.09. The van der Waals surface area contributed by atoms with Crippen molar-refractivity contribution in [2.24, 2.45) is 5.92 Å². The minimum Gasteiger partial charge on any atom is -0.359 e. The zero-order chi connectivity index (χ0) is 12.1. The van der Waals surface area contributed by atoms with Crippen LogP contribution in [0.2, 0.25) is 0 Å². The highest BCUT2D eigenvalue weighted by atomic mass is 16.2. The Morgan fingerprint density at radius 3 is 2.75 bits per heavy atom. The number of amides is 2. The van der Waals surface area contributed by atoms with E-state index in [0.717, 1.165) is 19.4 Å². The molecule has 2 atom stereocenters. The molecule has 92 valence electrons. The Morgan fingerprint density at radius 1 is 1.56 bits per heavy atom. The standard InChI is InChI=1S/C11H21N3O2/c1-8(10(15)12-2)7-14(3)11(16)9-5-4-6-13-9/h8-9,13H,4-7H2,1-3H3,(H,12,15)/t8?,9-/m0/s1. The summed E-state index contributed by atoms with van der Waals surface area (Å²) in [7, 11) is 3.36. The van der Waals surface area contributed by atoms with E-state index in [-0.39, 0.29) is 23.8 Å². The van der Waals surface area contributed by atoms with E-state index in [0.29, 0.717) is 6.54 Å². The molecule has 0 aromatic carbocycles. The van der Waals surface area contributed by atoms with Crippen molar-refractivity contribution in [3.05, 3.63) is 0 Å². The van der Waals surface area contributed by atoms with Gasteiger partial charge in [0.1, 0.15) is 0 Å². The summed E-state index contributed by atoms with van der Waals surface area (Å²) in [5.74, 6) is -0.104. The lowest BCUT2D eigenvalue weighted by Crippen LogP contribution is -2.45. The van der Waals surface area contributed by atoms with Gasteiger partial charge in [-0.05, 0) is 19.4 Å². The number of hydrogen-bond acceptors (Lipinski definition) is 3. The van der Waals surface area contributed by atoms with Crippen molar-refractivity contribution in [3.8, 4) is 0 Å². The maximum atomic E-state index is 11.9. The van der Waals surface area contributed by atoms with Crippen molar-refractivity contribution in [3.63, 3.8) is 0 Å². The molecule has 16 heavy (non-hydrogen) atoms. The summed E-state index contributed by atoms with van der Waals surface area (Å²) in [5.41, 5.74) is 0. The zero-order valence-corrected chi connectivity index (χ0v) is 10.2. The van der Waals surface area contributed by atoms with Crippen molar-refractivity contribution in [2.75, 3.05) is 27.2 Å². The zero-order valence-electron chi connectivity index (χ0n) is 10.2. The first-order valence-electron chi connectivity index (χ1n) is 5.76. The van der Waals surface area contributed by atoms with Crippen molar-refractivity contribution < 1.29 is 9.59 Å². The predicted octanol–water partition coefficient (Wildman–Crippen LogP) is -0.421. The van der Waals surface area contributed by atoms with E-state index in [1.54, 1.807) is 19.0 Å². The number of carbonyl (C=O) groups excluding carboxylic acids is 2. The Labute approximate surface area is 96.6 Å². The second kappa shape index (κ2) is 5.84. The van der Waals surface area contributed by atoms with Crippen molar-refractivity contribution in [2.45, 2.75) is 25.8 Å². The first-order valence-corrected chi connectivity index (χ1v) is 5.76. The van der Waals surface area contributed by atoms with Crippen molar-refractivity contribution in [1.82, 2.24) is 15.5 Å². The van der Waals surface area contributed by atoms with Crippen LogP contribution in [0.25, 0.3) is 0 Å². The molecule has 5 nitrogen and oxygen atoms in total. The second-order valence-corrected chi connectivity index (χ2v) is 4.38. The summed E-state index contributed by atoms with van der Waals surface area (Å²) < 4.78 is 0. The van der Waals surface area contributed by atoms with Crippen LogP contribution in [0, 0.1) is 5.92 Å². The fraction of sp³-hybridized carbons (Fsp3) is 0.818. The fourth-order valence-electron chi connectivity index (χ4n) is 1.99. The van der Waals surface area contributed by atoms with Gasteiger partial charge >= 0.3 is 0 Å². The van der Waals surface area contributed by atoms with Gasteiger partial charge in [-0.1, -0.05) is 6.92 Å². The van der Waals surface area contributed by atoms with Gasteiger partial charge in [-0.3, -0.25) is 9.59 Å². The first-order chi connectivity index (χ1) is 7.56. The number of nitrogens with one attached hydrogen (secondary N) is 2. The van der Waals surface area contributed by atoms with Crippen molar-refractivity contribution in [1.29, 1.82) is 0 Å². The van der Waals surface area contributed by atoms with Crippen LogP contribution in [-0.4, -0.2) is 49.9 Å². The lowest BCUT2D eigenvalue weighted by molar-refractivity contribution is -0.133. The fourth-order valence-corrected chi connectivity index (χ4v) is 1.99. The van der Waals surface area contributed by atoms with Crippen LogP contribution in [0.1, 0.15) is 19.8 Å². The molecule has 2 amide bonds. The lowest BCUT2D eigenvalue weighted by atomic mass is 10.1. The van der Waals surface area contributed by atoms with Crippen molar-refractivity contribution >= 4 is 11.8 Å². The van der Waals surface area contributed by atoms with Crippen LogP contribution >= 0.6 is 0 Å². The smallest absolute Gasteiger partial charge is 0.239 e. The van der Waals surface area contributed by atoms with E-state index in [1.165, 1.54) is 0 Å². The van der Waals surface area contributed by atoms with E-state index < -0.39 is 0 Å². The normalized spacial score (nSPS) is 21.6. The van der Waals surface area contributed by atoms with Gasteiger partial charge in [0.25, 0.3) is 0 Å². The summed E-state index contributed by atoms with van der Waals surface area (Å²) >= 11 is 0. The van der Waals surface area contributed by atoms with Gasteiger partial charge in [-0.15, -0.1) is 0 Å². The molecular formula is C11H21N3O2. The number of likely N-dealkylation sites (N-methyl/N-ethyl adjacent to an activating group) is 1. The topological polar surface area (TPSA) is 61.4 Å². The lowest BCUT2D eigenvalue weighted by Gasteiger charge is -2.23. The van der Waals surface area contributed by atoms with Crippen LogP contribution in [0.3, 0.4) is 0 Å². The van der Waals surface area contributed by atoms with Crippen LogP contribution < -0.4 is 10.6 Å². The molecule has 2 N–H and O–H groups in total. The average Bonchev–Trinajstić information content (AvgIpc) is 2.79. The van der Waals surface area contributed by atoms with E-state index >= 15 is 0 Å². The third-order valence-corrected chi connectivity index (χ3v) is 2.98. The Hall–Kier alpha value is -1.10. The monoisotopic (exact) mass is 227 g/mol. The van der Waals surface area contributed by atoms with E-state index in [4.69, 9.17) is 0 Å². The minimum absolute atomic E-state index is 0.0287. The highest BCUT2D eigenvalue weighted by Gasteiger charge is 2.26. The molecule has 1 unspecified atom stereocenters. The third kappa shape index (κ3) is 3.20. The molecule has 1 aliphatic rings. The number of carbonyl (C=O) groups is 2. The SMILES string of the molecule is CNC(=O)C(C)CN(C)C(=O)[C@@H]1CCCN1. The molecule has 1 heterocycles. The largest absolute Gasteiger partial charge is 0.359 e. The highest BCUT2D eigenvalue weighted by molar-refractivity contribution is 5.83. The predicted molar refractivity (Wildman–Crippen MR) is 61.9 cm³/mol. The number of nitrogens with zero attached hydrogens (tertiary/aromatic N) is 1. The van der Waals surface area contributed by atoms with Gasteiger partial charge in [-0.25, -0.2) is 0 Å². The molecule has 1 saturated heterocycles. The van der Waals surface area contributed by atoms with Crippen LogP contribution in [0.5, 0.6) is 0 Å². The third-order valence-electron chi connectivity index (χ3n) is 2.98. The Kier molecular flexibility index (Phi) is 4.73. The molecule has 1 fully saturated rings. The van der Waals surface area contributed by atoms with Gasteiger partial charge < -0.3 is 15.5 Å². The van der Waals surface area contributed by atoms with Gasteiger partial charge in [-0.2, -0.15) is 0 Å². The molecule has 0 aliphatic carbocycles. The molecule has 0 spiro atoms. The summed E-state index contributed by atoms with van der Waals surface area (Å²) in [6, 6.07) is -0.0538. The molecule has 5 heteroatoms. The minimum atomic E-state index is -0.166. The number of hydrogen-bond donors (Lipinski definition) is 2. The van der Waals surface area contributed by atoms with Crippen LogP contribution in [0.4, 0.5) is 0 Å². The molecule has 1 rings (SSSR count). The second-order valence-electron chi connectivity index (χ2n) is 4.38. The number of rotatable bonds is 4. The van der Waals surface area contributed by atoms with Gasteiger partial charge in [0.15, 0.2) is 0 Å². The molecule has 0 saturated carbocycles.